The first-order chi connectivity index (χ1) is 9.97. The molecule has 0 saturated carbocycles. The summed E-state index contributed by atoms with van der Waals surface area (Å²) in [6.07, 6.45) is 0.919. The Morgan fingerprint density at radius 2 is 2.00 bits per heavy atom. The number of carboxylic acid groups (broad SMARTS) is 1. The van der Waals surface area contributed by atoms with E-state index in [2.05, 4.69) is 10.2 Å². The summed E-state index contributed by atoms with van der Waals surface area (Å²) in [4.78, 5) is 27.5. The number of halogens is 1. The fourth-order valence-corrected chi connectivity index (χ4v) is 2.74. The molecule has 0 bridgehead atoms. The lowest BCUT2D eigenvalue weighted by Gasteiger charge is -2.21. The Morgan fingerprint density at radius 3 is 2.71 bits per heavy atom. The highest BCUT2D eigenvalue weighted by molar-refractivity contribution is 14.1. The third-order valence-electron chi connectivity index (χ3n) is 3.46. The number of urea groups is 1. The molecule has 0 aromatic heterocycles. The first kappa shape index (κ1) is 16.0. The van der Waals surface area contributed by atoms with E-state index in [0.717, 1.165) is 23.1 Å². The number of carbonyl (C=O) groups is 2. The molecule has 0 atom stereocenters. The van der Waals surface area contributed by atoms with Gasteiger partial charge in [-0.15, -0.1) is 0 Å². The van der Waals surface area contributed by atoms with Gasteiger partial charge in [0.2, 0.25) is 0 Å². The van der Waals surface area contributed by atoms with Crippen molar-refractivity contribution in [3.63, 3.8) is 0 Å². The number of benzene rings is 1. The van der Waals surface area contributed by atoms with E-state index in [4.69, 9.17) is 0 Å². The summed E-state index contributed by atoms with van der Waals surface area (Å²) in [7, 11) is 2.03. The summed E-state index contributed by atoms with van der Waals surface area (Å²) in [6, 6.07) is 4.72. The minimum atomic E-state index is -1.04. The van der Waals surface area contributed by atoms with Crippen LogP contribution in [-0.2, 0) is 0 Å². The molecule has 1 aliphatic heterocycles. The van der Waals surface area contributed by atoms with Gasteiger partial charge in [-0.25, -0.2) is 9.59 Å². The van der Waals surface area contributed by atoms with Crippen molar-refractivity contribution in [3.8, 4) is 0 Å². The summed E-state index contributed by atoms with van der Waals surface area (Å²) >= 11 is 2.05. The van der Waals surface area contributed by atoms with Gasteiger partial charge in [0.25, 0.3) is 0 Å². The Labute approximate surface area is 137 Å². The zero-order chi connectivity index (χ0) is 15.4. The lowest BCUT2D eigenvalue weighted by Crippen LogP contribution is -2.37. The van der Waals surface area contributed by atoms with Crippen molar-refractivity contribution >= 4 is 40.3 Å². The Kier molecular flexibility index (Phi) is 5.40. The monoisotopic (exact) mass is 403 g/mol. The van der Waals surface area contributed by atoms with Crippen LogP contribution in [0.1, 0.15) is 16.8 Å². The summed E-state index contributed by atoms with van der Waals surface area (Å²) in [5.74, 6) is -1.04. The van der Waals surface area contributed by atoms with Gasteiger partial charge in [0.1, 0.15) is 0 Å². The van der Waals surface area contributed by atoms with Crippen LogP contribution < -0.4 is 5.32 Å². The van der Waals surface area contributed by atoms with Crippen LogP contribution in [0.25, 0.3) is 0 Å². The quantitative estimate of drug-likeness (QED) is 0.743. The number of anilines is 1. The predicted molar refractivity (Wildman–Crippen MR) is 88.8 cm³/mol. The van der Waals surface area contributed by atoms with Crippen molar-refractivity contribution in [3.05, 3.63) is 27.3 Å². The lowest BCUT2D eigenvalue weighted by molar-refractivity contribution is 0.0698. The van der Waals surface area contributed by atoms with E-state index < -0.39 is 5.97 Å². The Bertz CT molecular complexity index is 550. The normalized spacial score (nSPS) is 16.4. The SMILES string of the molecule is CN1CCCN(C(=O)Nc2ccc(I)cc2C(=O)O)CC1. The molecule has 1 heterocycles. The zero-order valence-electron chi connectivity index (χ0n) is 11.8. The summed E-state index contributed by atoms with van der Waals surface area (Å²) in [6.45, 7) is 3.12. The van der Waals surface area contributed by atoms with Crippen molar-refractivity contribution in [1.29, 1.82) is 0 Å². The smallest absolute Gasteiger partial charge is 0.337 e. The van der Waals surface area contributed by atoms with Crippen molar-refractivity contribution in [2.24, 2.45) is 0 Å². The first-order valence-electron chi connectivity index (χ1n) is 6.74. The topological polar surface area (TPSA) is 72.9 Å². The minimum absolute atomic E-state index is 0.113. The number of carboxylic acids is 1. The molecule has 0 radical (unpaired) electrons. The third-order valence-corrected chi connectivity index (χ3v) is 4.13. The molecular formula is C14H18IN3O3. The molecule has 6 nitrogen and oxygen atoms in total. The fourth-order valence-electron chi connectivity index (χ4n) is 2.25. The molecular weight excluding hydrogens is 385 g/mol. The first-order valence-corrected chi connectivity index (χ1v) is 7.82. The highest BCUT2D eigenvalue weighted by Gasteiger charge is 2.19. The molecule has 2 rings (SSSR count). The second-order valence-electron chi connectivity index (χ2n) is 5.07. The second kappa shape index (κ2) is 7.08. The molecule has 1 aromatic carbocycles. The van der Waals surface area contributed by atoms with Gasteiger partial charge in [-0.05, 0) is 60.8 Å². The van der Waals surface area contributed by atoms with E-state index in [-0.39, 0.29) is 11.6 Å². The van der Waals surface area contributed by atoms with Gasteiger partial charge >= 0.3 is 12.0 Å². The van der Waals surface area contributed by atoms with Crippen molar-refractivity contribution in [1.82, 2.24) is 9.80 Å². The molecule has 2 amide bonds. The molecule has 1 aliphatic rings. The lowest BCUT2D eigenvalue weighted by atomic mass is 10.2. The van der Waals surface area contributed by atoms with Crippen LogP contribution in [0, 0.1) is 3.57 Å². The average molecular weight is 403 g/mol. The molecule has 0 aliphatic carbocycles. The van der Waals surface area contributed by atoms with Crippen LogP contribution in [0.5, 0.6) is 0 Å². The molecule has 1 saturated heterocycles. The maximum Gasteiger partial charge on any atom is 0.337 e. The van der Waals surface area contributed by atoms with Crippen LogP contribution in [0.2, 0.25) is 0 Å². The molecule has 0 spiro atoms. The van der Waals surface area contributed by atoms with Crippen molar-refractivity contribution in [2.45, 2.75) is 6.42 Å². The van der Waals surface area contributed by atoms with Gasteiger partial charge in [0, 0.05) is 23.2 Å². The highest BCUT2D eigenvalue weighted by atomic mass is 127. The van der Waals surface area contributed by atoms with Crippen molar-refractivity contribution in [2.75, 3.05) is 38.5 Å². The van der Waals surface area contributed by atoms with Crippen LogP contribution >= 0.6 is 22.6 Å². The molecule has 0 unspecified atom stereocenters. The van der Waals surface area contributed by atoms with E-state index in [9.17, 15) is 14.7 Å². The van der Waals surface area contributed by atoms with Crippen LogP contribution in [0.4, 0.5) is 10.5 Å². The number of hydrogen-bond acceptors (Lipinski definition) is 3. The summed E-state index contributed by atoms with van der Waals surface area (Å²) < 4.78 is 0.819. The zero-order valence-corrected chi connectivity index (χ0v) is 14.0. The van der Waals surface area contributed by atoms with E-state index in [0.29, 0.717) is 18.8 Å². The molecule has 1 fully saturated rings. The standard InChI is InChI=1S/C14H18IN3O3/c1-17-5-2-6-18(8-7-17)14(21)16-12-4-3-10(15)9-11(12)13(19)20/h3-4,9H,2,5-8H2,1H3,(H,16,21)(H,19,20). The summed E-state index contributed by atoms with van der Waals surface area (Å²) in [5.41, 5.74) is 0.452. The number of carbonyl (C=O) groups excluding carboxylic acids is 1. The van der Waals surface area contributed by atoms with Gasteiger partial charge in [0.15, 0.2) is 0 Å². The second-order valence-corrected chi connectivity index (χ2v) is 6.31. The van der Waals surface area contributed by atoms with E-state index in [1.54, 1.807) is 23.1 Å². The highest BCUT2D eigenvalue weighted by Crippen LogP contribution is 2.19. The van der Waals surface area contributed by atoms with Gasteiger partial charge in [-0.1, -0.05) is 0 Å². The Balaban J connectivity index is 2.10. The molecule has 114 valence electrons. The van der Waals surface area contributed by atoms with Gasteiger partial charge < -0.3 is 20.2 Å². The number of likely N-dealkylation sites (N-methyl/N-ethyl adjacent to an activating group) is 1. The maximum atomic E-state index is 12.3. The molecule has 7 heteroatoms. The van der Waals surface area contributed by atoms with E-state index in [1.165, 1.54) is 0 Å². The van der Waals surface area contributed by atoms with Crippen molar-refractivity contribution < 1.29 is 14.7 Å². The number of nitrogens with zero attached hydrogens (tertiary/aromatic N) is 2. The largest absolute Gasteiger partial charge is 0.478 e. The number of rotatable bonds is 2. The summed E-state index contributed by atoms with van der Waals surface area (Å²) in [5, 5.41) is 11.9. The molecule has 21 heavy (non-hydrogen) atoms. The van der Waals surface area contributed by atoms with Gasteiger partial charge in [-0.3, -0.25) is 0 Å². The van der Waals surface area contributed by atoms with E-state index >= 15 is 0 Å². The molecule has 1 aromatic rings. The Hall–Kier alpha value is -1.35. The average Bonchev–Trinajstić information content (AvgIpc) is 2.65. The minimum Gasteiger partial charge on any atom is -0.478 e. The van der Waals surface area contributed by atoms with Crippen LogP contribution in [0.15, 0.2) is 18.2 Å². The van der Waals surface area contributed by atoms with Crippen LogP contribution in [0.3, 0.4) is 0 Å². The number of aromatic carboxylic acids is 1. The fraction of sp³-hybridized carbons (Fsp3) is 0.429. The number of amides is 2. The van der Waals surface area contributed by atoms with Gasteiger partial charge in [-0.2, -0.15) is 0 Å². The third kappa shape index (κ3) is 4.31. The predicted octanol–water partition coefficient (Wildman–Crippen LogP) is 2.16. The number of nitrogens with one attached hydrogen (secondary N) is 1. The Morgan fingerprint density at radius 1 is 1.24 bits per heavy atom. The van der Waals surface area contributed by atoms with E-state index in [1.807, 2.05) is 29.6 Å². The number of hydrogen-bond donors (Lipinski definition) is 2. The molecule has 2 N–H and O–H groups in total. The maximum absolute atomic E-state index is 12.3. The van der Waals surface area contributed by atoms with Gasteiger partial charge in [0.05, 0.1) is 11.3 Å². The van der Waals surface area contributed by atoms with Crippen LogP contribution in [-0.4, -0.2) is 60.1 Å².